The first-order valence-electron chi connectivity index (χ1n) is 8.49. The molecule has 1 saturated heterocycles. The largest absolute Gasteiger partial charge is 0.573 e. The average molecular weight is 379 g/mol. The quantitative estimate of drug-likeness (QED) is 0.873. The first kappa shape index (κ1) is 19.0. The Morgan fingerprint density at radius 3 is 2.56 bits per heavy atom. The molecule has 2 aromatic carbocycles. The highest BCUT2D eigenvalue weighted by molar-refractivity contribution is 5.90. The lowest BCUT2D eigenvalue weighted by molar-refractivity contribution is -0.274. The van der Waals surface area contributed by atoms with Crippen LogP contribution in [0.15, 0.2) is 54.6 Å². The van der Waals surface area contributed by atoms with Gasteiger partial charge in [0.15, 0.2) is 0 Å². The fourth-order valence-corrected chi connectivity index (χ4v) is 3.09. The molecule has 0 aliphatic carbocycles. The molecule has 3 rings (SSSR count). The van der Waals surface area contributed by atoms with E-state index in [2.05, 4.69) is 15.0 Å². The smallest absolute Gasteiger partial charge is 0.406 e. The summed E-state index contributed by atoms with van der Waals surface area (Å²) in [6.07, 6.45) is -4.78. The molecule has 0 saturated carbocycles. The highest BCUT2D eigenvalue weighted by Crippen LogP contribution is 2.28. The normalized spacial score (nSPS) is 18.2. The number of carbonyl (C=O) groups excluding carboxylic acids is 1. The predicted molar refractivity (Wildman–Crippen MR) is 95.5 cm³/mol. The van der Waals surface area contributed by atoms with E-state index in [0.29, 0.717) is 19.6 Å². The summed E-state index contributed by atoms with van der Waals surface area (Å²) in [7, 11) is 1.99. The van der Waals surface area contributed by atoms with Crippen LogP contribution in [0.25, 0.3) is 0 Å². The van der Waals surface area contributed by atoms with Crippen LogP contribution >= 0.6 is 0 Å². The molecule has 0 spiro atoms. The second-order valence-electron chi connectivity index (χ2n) is 6.39. The van der Waals surface area contributed by atoms with Gasteiger partial charge in [-0.15, -0.1) is 13.2 Å². The Balaban J connectivity index is 1.75. The van der Waals surface area contributed by atoms with Crippen molar-refractivity contribution < 1.29 is 22.7 Å². The number of rotatable bonds is 3. The first-order valence-corrected chi connectivity index (χ1v) is 8.49. The Bertz CT molecular complexity index is 783. The van der Waals surface area contributed by atoms with Crippen molar-refractivity contribution in [2.45, 2.75) is 12.4 Å². The van der Waals surface area contributed by atoms with Crippen molar-refractivity contribution in [3.05, 3.63) is 60.2 Å². The van der Waals surface area contributed by atoms with Crippen molar-refractivity contribution in [1.29, 1.82) is 0 Å². The van der Waals surface area contributed by atoms with Crippen LogP contribution in [0.5, 0.6) is 5.75 Å². The van der Waals surface area contributed by atoms with Gasteiger partial charge < -0.3 is 19.9 Å². The van der Waals surface area contributed by atoms with Crippen LogP contribution in [0.3, 0.4) is 0 Å². The molecule has 0 aromatic heterocycles. The molecule has 1 N–H and O–H groups in total. The van der Waals surface area contributed by atoms with Gasteiger partial charge in [0.25, 0.3) is 0 Å². The Labute approximate surface area is 155 Å². The predicted octanol–water partition coefficient (Wildman–Crippen LogP) is 4.11. The summed E-state index contributed by atoms with van der Waals surface area (Å²) in [6, 6.07) is 14.4. The zero-order chi connectivity index (χ0) is 19.4. The standard InChI is InChI=1S/C19H20F3N3O2/c1-24-10-11-25(17(13-24)14-6-3-2-4-7-14)18(26)23-15-8-5-9-16(12-15)27-19(20,21)22/h2-9,12,17H,10-11,13H2,1H3,(H,23,26)/t17-/m0/s1. The summed E-state index contributed by atoms with van der Waals surface area (Å²) < 4.78 is 41.0. The second kappa shape index (κ2) is 7.87. The number of alkyl halides is 3. The van der Waals surface area contributed by atoms with Gasteiger partial charge in [-0.3, -0.25) is 0 Å². The number of nitrogens with one attached hydrogen (secondary N) is 1. The number of carbonyl (C=O) groups is 1. The number of piperazine rings is 1. The molecule has 1 aliphatic rings. The summed E-state index contributed by atoms with van der Waals surface area (Å²) in [5, 5.41) is 2.67. The number of hydrogen-bond acceptors (Lipinski definition) is 3. The van der Waals surface area contributed by atoms with Gasteiger partial charge in [-0.1, -0.05) is 36.4 Å². The number of amides is 2. The van der Waals surface area contributed by atoms with Gasteiger partial charge in [0.05, 0.1) is 6.04 Å². The molecule has 0 unspecified atom stereocenters. The third-order valence-electron chi connectivity index (χ3n) is 4.35. The average Bonchev–Trinajstić information content (AvgIpc) is 2.61. The summed E-state index contributed by atoms with van der Waals surface area (Å²) in [4.78, 5) is 16.6. The van der Waals surface area contributed by atoms with E-state index >= 15 is 0 Å². The fraction of sp³-hybridized carbons (Fsp3) is 0.316. The number of ether oxygens (including phenoxy) is 1. The van der Waals surface area contributed by atoms with Crippen molar-refractivity contribution in [2.75, 3.05) is 32.0 Å². The van der Waals surface area contributed by atoms with E-state index in [0.717, 1.165) is 11.6 Å². The summed E-state index contributed by atoms with van der Waals surface area (Å²) in [5.41, 5.74) is 1.25. The molecule has 1 aliphatic heterocycles. The highest BCUT2D eigenvalue weighted by Gasteiger charge is 2.32. The van der Waals surface area contributed by atoms with Crippen molar-refractivity contribution in [3.8, 4) is 5.75 Å². The van der Waals surface area contributed by atoms with Crippen molar-refractivity contribution in [1.82, 2.24) is 9.80 Å². The molecular weight excluding hydrogens is 359 g/mol. The topological polar surface area (TPSA) is 44.8 Å². The second-order valence-corrected chi connectivity index (χ2v) is 6.39. The molecular formula is C19H20F3N3O2. The van der Waals surface area contributed by atoms with E-state index in [1.807, 2.05) is 37.4 Å². The minimum atomic E-state index is -4.78. The highest BCUT2D eigenvalue weighted by atomic mass is 19.4. The van der Waals surface area contributed by atoms with E-state index in [-0.39, 0.29) is 23.5 Å². The van der Waals surface area contributed by atoms with Crippen LogP contribution in [0.2, 0.25) is 0 Å². The molecule has 5 nitrogen and oxygen atoms in total. The minimum absolute atomic E-state index is 0.139. The number of halogens is 3. The molecule has 8 heteroatoms. The zero-order valence-corrected chi connectivity index (χ0v) is 14.7. The van der Waals surface area contributed by atoms with Crippen molar-refractivity contribution >= 4 is 11.7 Å². The van der Waals surface area contributed by atoms with E-state index in [1.165, 1.54) is 18.2 Å². The Hall–Kier alpha value is -2.74. The lowest BCUT2D eigenvalue weighted by Gasteiger charge is -2.40. The van der Waals surface area contributed by atoms with Crippen LogP contribution < -0.4 is 10.1 Å². The van der Waals surface area contributed by atoms with E-state index in [4.69, 9.17) is 0 Å². The zero-order valence-electron chi connectivity index (χ0n) is 14.7. The molecule has 2 amide bonds. The molecule has 1 atom stereocenters. The molecule has 0 radical (unpaired) electrons. The summed E-state index contributed by atoms with van der Waals surface area (Å²) in [5.74, 6) is -0.377. The Morgan fingerprint density at radius 2 is 1.85 bits per heavy atom. The van der Waals surface area contributed by atoms with Gasteiger partial charge in [-0.25, -0.2) is 4.79 Å². The Kier molecular flexibility index (Phi) is 5.55. The fourth-order valence-electron chi connectivity index (χ4n) is 3.09. The molecule has 2 aromatic rings. The van der Waals surface area contributed by atoms with E-state index in [9.17, 15) is 18.0 Å². The Morgan fingerprint density at radius 1 is 1.11 bits per heavy atom. The summed E-state index contributed by atoms with van der Waals surface area (Å²) >= 11 is 0. The lowest BCUT2D eigenvalue weighted by Crippen LogP contribution is -2.50. The molecule has 27 heavy (non-hydrogen) atoms. The number of urea groups is 1. The maximum absolute atomic E-state index is 12.8. The lowest BCUT2D eigenvalue weighted by atomic mass is 10.0. The molecule has 144 valence electrons. The van der Waals surface area contributed by atoms with Gasteiger partial charge in [0.2, 0.25) is 0 Å². The van der Waals surface area contributed by atoms with Gasteiger partial charge in [0.1, 0.15) is 5.75 Å². The van der Waals surface area contributed by atoms with Crippen LogP contribution in [0.4, 0.5) is 23.7 Å². The monoisotopic (exact) mass is 379 g/mol. The number of nitrogens with zero attached hydrogens (tertiary/aromatic N) is 2. The van der Waals surface area contributed by atoms with Crippen LogP contribution in [-0.2, 0) is 0 Å². The number of anilines is 1. The van der Waals surface area contributed by atoms with Gasteiger partial charge >= 0.3 is 12.4 Å². The minimum Gasteiger partial charge on any atom is -0.406 e. The van der Waals surface area contributed by atoms with Crippen LogP contribution in [0.1, 0.15) is 11.6 Å². The van der Waals surface area contributed by atoms with E-state index in [1.54, 1.807) is 4.90 Å². The van der Waals surface area contributed by atoms with Crippen LogP contribution in [0, 0.1) is 0 Å². The first-order chi connectivity index (χ1) is 12.8. The number of hydrogen-bond donors (Lipinski definition) is 1. The molecule has 1 fully saturated rings. The summed E-state index contributed by atoms with van der Waals surface area (Å²) in [6.45, 7) is 1.91. The third kappa shape index (κ3) is 5.13. The van der Waals surface area contributed by atoms with Crippen molar-refractivity contribution in [2.24, 2.45) is 0 Å². The van der Waals surface area contributed by atoms with Crippen molar-refractivity contribution in [3.63, 3.8) is 0 Å². The van der Waals surface area contributed by atoms with Crippen LogP contribution in [-0.4, -0.2) is 48.9 Å². The molecule has 1 heterocycles. The number of likely N-dealkylation sites (N-methyl/N-ethyl adjacent to an activating group) is 1. The maximum Gasteiger partial charge on any atom is 0.573 e. The van der Waals surface area contributed by atoms with Gasteiger partial charge in [-0.2, -0.15) is 0 Å². The van der Waals surface area contributed by atoms with Gasteiger partial charge in [-0.05, 0) is 24.7 Å². The maximum atomic E-state index is 12.8. The van der Waals surface area contributed by atoms with E-state index < -0.39 is 6.36 Å². The number of benzene rings is 2. The third-order valence-corrected chi connectivity index (χ3v) is 4.35. The van der Waals surface area contributed by atoms with Gasteiger partial charge in [0, 0.05) is 31.4 Å². The SMILES string of the molecule is CN1CCN(C(=O)Nc2cccc(OC(F)(F)F)c2)[C@H](c2ccccc2)C1. The molecule has 0 bridgehead atoms.